The summed E-state index contributed by atoms with van der Waals surface area (Å²) in [4.78, 5) is 0.0932. The summed E-state index contributed by atoms with van der Waals surface area (Å²) in [7, 11) is -3.61. The molecule has 20 heavy (non-hydrogen) atoms. The number of nitrogen functional groups attached to an aromatic ring is 1. The molecule has 0 saturated heterocycles. The van der Waals surface area contributed by atoms with Crippen LogP contribution in [0.15, 0.2) is 23.1 Å². The highest BCUT2D eigenvalue weighted by atomic mass is 32.2. The fraction of sp³-hybridized carbons (Fsp3) is 0.538. The molecule has 7 heteroatoms. The number of nitrogens with two attached hydrogens (primary N) is 1. The summed E-state index contributed by atoms with van der Waals surface area (Å²) < 4.78 is 32.6. The van der Waals surface area contributed by atoms with Crippen molar-refractivity contribution in [2.24, 2.45) is 5.92 Å². The third-order valence-electron chi connectivity index (χ3n) is 2.63. The molecule has 1 aromatic rings. The smallest absolute Gasteiger partial charge is 0.244 e. The summed E-state index contributed by atoms with van der Waals surface area (Å²) in [5.74, 6) is 1.49. The average Bonchev–Trinajstić information content (AvgIpc) is 2.39. The monoisotopic (exact) mass is 318 g/mol. The first-order valence-electron chi connectivity index (χ1n) is 6.41. The summed E-state index contributed by atoms with van der Waals surface area (Å²) in [6.45, 7) is 4.60. The topological polar surface area (TPSA) is 81.4 Å². The van der Waals surface area contributed by atoms with E-state index >= 15 is 0 Å². The summed E-state index contributed by atoms with van der Waals surface area (Å²) in [5, 5.41) is 0. The second-order valence-corrected chi connectivity index (χ2v) is 7.20. The maximum absolute atomic E-state index is 12.3. The van der Waals surface area contributed by atoms with Gasteiger partial charge in [0.25, 0.3) is 0 Å². The minimum absolute atomic E-state index is 0.0932. The molecule has 0 aliphatic rings. The van der Waals surface area contributed by atoms with Crippen LogP contribution in [-0.4, -0.2) is 33.6 Å². The summed E-state index contributed by atoms with van der Waals surface area (Å²) >= 11 is 1.69. The minimum Gasteiger partial charge on any atom is -0.492 e. The highest BCUT2D eigenvalue weighted by Gasteiger charge is 2.20. The molecule has 3 N–H and O–H groups in total. The Kier molecular flexibility index (Phi) is 6.64. The number of sulfonamides is 1. The van der Waals surface area contributed by atoms with Crippen molar-refractivity contribution >= 4 is 27.5 Å². The molecule has 0 heterocycles. The summed E-state index contributed by atoms with van der Waals surface area (Å²) in [6, 6.07) is 4.63. The van der Waals surface area contributed by atoms with Gasteiger partial charge in [-0.3, -0.25) is 0 Å². The van der Waals surface area contributed by atoms with Crippen LogP contribution in [0.2, 0.25) is 0 Å². The first-order chi connectivity index (χ1) is 9.40. The molecule has 0 saturated carbocycles. The van der Waals surface area contributed by atoms with Crippen LogP contribution in [0.5, 0.6) is 5.75 Å². The minimum atomic E-state index is -3.61. The van der Waals surface area contributed by atoms with Crippen molar-refractivity contribution in [3.63, 3.8) is 0 Å². The second-order valence-electron chi connectivity index (χ2n) is 4.55. The Morgan fingerprint density at radius 3 is 2.75 bits per heavy atom. The number of hydrogen-bond acceptors (Lipinski definition) is 5. The lowest BCUT2D eigenvalue weighted by atomic mass is 10.2. The number of hydrogen-bond donors (Lipinski definition) is 2. The van der Waals surface area contributed by atoms with Crippen molar-refractivity contribution in [2.75, 3.05) is 30.9 Å². The zero-order chi connectivity index (χ0) is 15.2. The van der Waals surface area contributed by atoms with Crippen LogP contribution in [0.1, 0.15) is 13.8 Å². The van der Waals surface area contributed by atoms with E-state index in [-0.39, 0.29) is 10.8 Å². The SMILES string of the molecule is CCOc1ccc(N)cc1S(=O)(=O)NCC(C)CSC. The van der Waals surface area contributed by atoms with Crippen LogP contribution in [0.25, 0.3) is 0 Å². The van der Waals surface area contributed by atoms with Gasteiger partial charge in [-0.1, -0.05) is 6.92 Å². The van der Waals surface area contributed by atoms with Crippen LogP contribution >= 0.6 is 11.8 Å². The molecule has 1 unspecified atom stereocenters. The molecule has 0 spiro atoms. The van der Waals surface area contributed by atoms with Gasteiger partial charge in [-0.25, -0.2) is 13.1 Å². The molecule has 0 aliphatic heterocycles. The second kappa shape index (κ2) is 7.75. The Balaban J connectivity index is 2.93. The average molecular weight is 318 g/mol. The van der Waals surface area contributed by atoms with Gasteiger partial charge in [-0.15, -0.1) is 0 Å². The van der Waals surface area contributed by atoms with Gasteiger partial charge >= 0.3 is 0 Å². The molecular formula is C13H22N2O3S2. The number of anilines is 1. The molecule has 0 aromatic heterocycles. The van der Waals surface area contributed by atoms with Gasteiger partial charge < -0.3 is 10.5 Å². The van der Waals surface area contributed by atoms with Gasteiger partial charge in [0.2, 0.25) is 10.0 Å². The zero-order valence-electron chi connectivity index (χ0n) is 12.0. The standard InChI is InChI=1S/C13H22N2O3S2/c1-4-18-12-6-5-11(14)7-13(12)20(16,17)15-8-10(2)9-19-3/h5-7,10,15H,4,8-9,14H2,1-3H3. The van der Waals surface area contributed by atoms with Gasteiger partial charge in [0.05, 0.1) is 6.61 Å². The van der Waals surface area contributed by atoms with Crippen LogP contribution in [0.3, 0.4) is 0 Å². The van der Waals surface area contributed by atoms with Crippen molar-refractivity contribution in [3.8, 4) is 5.75 Å². The van der Waals surface area contributed by atoms with Gasteiger partial charge in [-0.2, -0.15) is 11.8 Å². The zero-order valence-corrected chi connectivity index (χ0v) is 13.7. The van der Waals surface area contributed by atoms with Gasteiger partial charge in [0.15, 0.2) is 0 Å². The molecule has 1 atom stereocenters. The normalized spacial score (nSPS) is 13.2. The fourth-order valence-corrected chi connectivity index (χ4v) is 3.71. The Hall–Kier alpha value is -0.920. The molecule has 0 aliphatic carbocycles. The van der Waals surface area contributed by atoms with Gasteiger partial charge in [-0.05, 0) is 43.0 Å². The lowest BCUT2D eigenvalue weighted by Crippen LogP contribution is -2.29. The summed E-state index contributed by atoms with van der Waals surface area (Å²) in [6.07, 6.45) is 2.00. The van der Waals surface area contributed by atoms with Crippen molar-refractivity contribution < 1.29 is 13.2 Å². The van der Waals surface area contributed by atoms with E-state index in [1.165, 1.54) is 6.07 Å². The highest BCUT2D eigenvalue weighted by molar-refractivity contribution is 7.98. The molecule has 1 rings (SSSR count). The molecule has 114 valence electrons. The van der Waals surface area contributed by atoms with Gasteiger partial charge in [0.1, 0.15) is 10.6 Å². The van der Waals surface area contributed by atoms with Crippen LogP contribution < -0.4 is 15.2 Å². The number of nitrogens with one attached hydrogen (secondary N) is 1. The Morgan fingerprint density at radius 2 is 2.15 bits per heavy atom. The quantitative estimate of drug-likeness (QED) is 0.716. The van der Waals surface area contributed by atoms with Crippen LogP contribution in [0.4, 0.5) is 5.69 Å². The van der Waals surface area contributed by atoms with Crippen molar-refractivity contribution in [2.45, 2.75) is 18.7 Å². The van der Waals surface area contributed by atoms with Crippen LogP contribution in [-0.2, 0) is 10.0 Å². The number of thioether (sulfide) groups is 1. The highest BCUT2D eigenvalue weighted by Crippen LogP contribution is 2.26. The number of benzene rings is 1. The van der Waals surface area contributed by atoms with E-state index in [0.29, 0.717) is 24.6 Å². The maximum Gasteiger partial charge on any atom is 0.244 e. The van der Waals surface area contributed by atoms with Crippen LogP contribution in [0, 0.1) is 5.92 Å². The molecule has 0 bridgehead atoms. The van der Waals surface area contributed by atoms with E-state index < -0.39 is 10.0 Å². The van der Waals surface area contributed by atoms with E-state index in [0.717, 1.165) is 5.75 Å². The largest absolute Gasteiger partial charge is 0.492 e. The van der Waals surface area contributed by atoms with E-state index in [1.54, 1.807) is 30.8 Å². The predicted molar refractivity (Wildman–Crippen MR) is 84.8 cm³/mol. The van der Waals surface area contributed by atoms with Crippen molar-refractivity contribution in [1.82, 2.24) is 4.72 Å². The van der Waals surface area contributed by atoms with E-state index in [9.17, 15) is 8.42 Å². The molecule has 5 nitrogen and oxygen atoms in total. The van der Waals surface area contributed by atoms with E-state index in [1.807, 2.05) is 13.2 Å². The van der Waals surface area contributed by atoms with Crippen molar-refractivity contribution in [3.05, 3.63) is 18.2 Å². The molecular weight excluding hydrogens is 296 g/mol. The Morgan fingerprint density at radius 1 is 1.45 bits per heavy atom. The molecule has 0 radical (unpaired) electrons. The first-order valence-corrected chi connectivity index (χ1v) is 9.29. The third kappa shape index (κ3) is 4.88. The predicted octanol–water partition coefficient (Wildman–Crippen LogP) is 1.94. The Labute approximate surface area is 125 Å². The Bertz CT molecular complexity index is 532. The van der Waals surface area contributed by atoms with Crippen molar-refractivity contribution in [1.29, 1.82) is 0 Å². The fourth-order valence-electron chi connectivity index (χ4n) is 1.68. The third-order valence-corrected chi connectivity index (χ3v) is 4.98. The molecule has 0 amide bonds. The lowest BCUT2D eigenvalue weighted by molar-refractivity contribution is 0.331. The lowest BCUT2D eigenvalue weighted by Gasteiger charge is -2.14. The maximum atomic E-state index is 12.3. The molecule has 0 fully saturated rings. The summed E-state index contributed by atoms with van der Waals surface area (Å²) in [5.41, 5.74) is 6.07. The van der Waals surface area contributed by atoms with E-state index in [2.05, 4.69) is 4.72 Å². The van der Waals surface area contributed by atoms with E-state index in [4.69, 9.17) is 10.5 Å². The molecule has 1 aromatic carbocycles. The number of ether oxygens (including phenoxy) is 1. The first kappa shape index (κ1) is 17.1. The van der Waals surface area contributed by atoms with Gasteiger partial charge in [0, 0.05) is 12.2 Å². The number of rotatable bonds is 8.